The summed E-state index contributed by atoms with van der Waals surface area (Å²) < 4.78 is 41.9. The molecule has 6 nitrogen and oxygen atoms in total. The minimum atomic E-state index is -3.23. The molecule has 0 saturated carbocycles. The lowest BCUT2D eigenvalue weighted by Crippen LogP contribution is -2.37. The molecule has 0 saturated heterocycles. The highest BCUT2D eigenvalue weighted by Crippen LogP contribution is 2.62. The summed E-state index contributed by atoms with van der Waals surface area (Å²) in [7, 11) is -3.23. The van der Waals surface area contributed by atoms with E-state index in [1.807, 2.05) is 42.7 Å². The maximum absolute atomic E-state index is 13.6. The van der Waals surface area contributed by atoms with Gasteiger partial charge < -0.3 is 14.7 Å². The first-order valence-corrected chi connectivity index (χ1v) is 14.2. The van der Waals surface area contributed by atoms with Crippen LogP contribution in [0.3, 0.4) is 0 Å². The molecule has 0 amide bonds. The summed E-state index contributed by atoms with van der Waals surface area (Å²) in [5, 5.41) is 8.80. The van der Waals surface area contributed by atoms with Gasteiger partial charge in [0.15, 0.2) is 0 Å². The number of fused-ring (bicyclic) bond motifs is 1. The molecular weight excluding hydrogens is 477 g/mol. The average Bonchev–Trinajstić information content (AvgIpc) is 2.93. The summed E-state index contributed by atoms with van der Waals surface area (Å²) in [4.78, 5) is 13.9. The van der Waals surface area contributed by atoms with Crippen LogP contribution in [-0.4, -0.2) is 38.7 Å². The molecule has 3 rings (SSSR count). The second-order valence-corrected chi connectivity index (χ2v) is 11.5. The van der Waals surface area contributed by atoms with Gasteiger partial charge in [0.1, 0.15) is 12.0 Å². The maximum Gasteiger partial charge on any atom is 0.368 e. The summed E-state index contributed by atoms with van der Waals surface area (Å²) in [6, 6.07) is 13.2. The van der Waals surface area contributed by atoms with Crippen LogP contribution >= 0.6 is 22.4 Å². The number of rotatable bonds is 9. The van der Waals surface area contributed by atoms with Crippen LogP contribution in [0.2, 0.25) is 0 Å². The number of halogens is 1. The first-order valence-electron chi connectivity index (χ1n) is 11.2. The van der Waals surface area contributed by atoms with Gasteiger partial charge in [-0.2, -0.15) is 15.0 Å². The van der Waals surface area contributed by atoms with Crippen molar-refractivity contribution in [2.75, 3.05) is 23.5 Å². The predicted molar refractivity (Wildman–Crippen MR) is 137 cm³/mol. The van der Waals surface area contributed by atoms with Crippen molar-refractivity contribution in [1.29, 1.82) is 0 Å². The van der Waals surface area contributed by atoms with E-state index in [2.05, 4.69) is 18.7 Å². The van der Waals surface area contributed by atoms with Crippen LogP contribution in [0, 0.1) is 5.41 Å². The van der Waals surface area contributed by atoms with Gasteiger partial charge in [-0.25, -0.2) is 4.79 Å². The molecule has 3 N–H and O–H groups in total. The Morgan fingerprint density at radius 2 is 1.97 bits per heavy atom. The summed E-state index contributed by atoms with van der Waals surface area (Å²) in [5.41, 5.74) is 1.28. The van der Waals surface area contributed by atoms with Gasteiger partial charge in [-0.15, -0.1) is 11.8 Å². The first-order chi connectivity index (χ1) is 16.2. The van der Waals surface area contributed by atoms with Gasteiger partial charge in [-0.05, 0) is 37.3 Å². The summed E-state index contributed by atoms with van der Waals surface area (Å²) in [6.45, 7) is 4.84. The molecule has 9 heteroatoms. The largest absolute Gasteiger partial charge is 0.476 e. The molecule has 0 aliphatic carbocycles. The van der Waals surface area contributed by atoms with Crippen molar-refractivity contribution in [1.82, 2.24) is 0 Å². The topological polar surface area (TPSA) is 90.2 Å². The number of carboxylic acids is 1. The Kier molecular flexibility index (Phi) is 8.57. The molecule has 0 spiro atoms. The summed E-state index contributed by atoms with van der Waals surface area (Å²) in [5.74, 6) is -2.79. The van der Waals surface area contributed by atoms with E-state index < -0.39 is 22.4 Å². The number of thioether (sulfide) groups is 1. The van der Waals surface area contributed by atoms with E-state index in [0.717, 1.165) is 31.4 Å². The smallest absolute Gasteiger partial charge is 0.368 e. The van der Waals surface area contributed by atoms with Crippen molar-refractivity contribution >= 4 is 39.7 Å². The van der Waals surface area contributed by atoms with Crippen LogP contribution in [0.5, 0.6) is 5.75 Å². The number of hydrogen-bond acceptors (Lipinski definition) is 6. The zero-order valence-electron chi connectivity index (χ0n) is 19.7. The average molecular weight is 510 g/mol. The molecule has 0 radical (unpaired) electrons. The highest BCUT2D eigenvalue weighted by atomic mass is 32.3. The van der Waals surface area contributed by atoms with Crippen LogP contribution in [0.4, 0.5) is 15.8 Å². The molecule has 0 aromatic heterocycles. The highest BCUT2D eigenvalue weighted by molar-refractivity contribution is 8.24. The van der Waals surface area contributed by atoms with Crippen molar-refractivity contribution in [2.45, 2.75) is 49.3 Å². The summed E-state index contributed by atoms with van der Waals surface area (Å²) in [6.07, 6.45) is 5.98. The Bertz CT molecular complexity index is 1050. The van der Waals surface area contributed by atoms with Crippen molar-refractivity contribution in [2.24, 2.45) is 5.41 Å². The van der Waals surface area contributed by atoms with E-state index in [0.29, 0.717) is 28.3 Å². The fourth-order valence-electron chi connectivity index (χ4n) is 4.32. The van der Waals surface area contributed by atoms with E-state index in [9.17, 15) is 18.3 Å². The number of para-hydroxylation sites is 1. The fraction of sp³-hybridized carbons (Fsp3) is 0.400. The van der Waals surface area contributed by atoms with E-state index in [1.165, 1.54) is 17.8 Å². The number of ether oxygens (including phenoxy) is 1. The lowest BCUT2D eigenvalue weighted by Gasteiger charge is -2.41. The van der Waals surface area contributed by atoms with E-state index in [4.69, 9.17) is 9.84 Å². The van der Waals surface area contributed by atoms with Crippen LogP contribution in [0.25, 0.3) is 0 Å². The predicted octanol–water partition coefficient (Wildman–Crippen LogP) is 7.53. The van der Waals surface area contributed by atoms with E-state index in [-0.39, 0.29) is 16.9 Å². The van der Waals surface area contributed by atoms with E-state index in [1.54, 1.807) is 0 Å². The van der Waals surface area contributed by atoms with Gasteiger partial charge >= 0.3 is 5.97 Å². The normalized spacial score (nSPS) is 20.9. The third-order valence-corrected chi connectivity index (χ3v) is 9.07. The Morgan fingerprint density at radius 1 is 1.26 bits per heavy atom. The molecule has 0 unspecified atom stereocenters. The van der Waals surface area contributed by atoms with Crippen molar-refractivity contribution in [3.8, 4) is 5.75 Å². The monoisotopic (exact) mass is 509 g/mol. The van der Waals surface area contributed by atoms with Crippen LogP contribution in [0.15, 0.2) is 64.3 Å². The van der Waals surface area contributed by atoms with Crippen molar-refractivity contribution < 1.29 is 28.1 Å². The molecular formula is C25H32FNO5S2. The van der Waals surface area contributed by atoms with Crippen LogP contribution in [0.1, 0.15) is 39.5 Å². The highest BCUT2D eigenvalue weighted by Gasteiger charge is 2.42. The molecule has 1 heterocycles. The Morgan fingerprint density at radius 3 is 2.56 bits per heavy atom. The maximum atomic E-state index is 13.6. The number of benzene rings is 2. The molecule has 34 heavy (non-hydrogen) atoms. The van der Waals surface area contributed by atoms with Gasteiger partial charge in [-0.1, -0.05) is 44.9 Å². The lowest BCUT2D eigenvalue weighted by molar-refractivity contribution is -0.134. The van der Waals surface area contributed by atoms with Gasteiger partial charge in [0.25, 0.3) is 0 Å². The second-order valence-electron chi connectivity index (χ2n) is 8.55. The zero-order chi connectivity index (χ0) is 24.9. The lowest BCUT2D eigenvalue weighted by atomic mass is 9.81. The number of aliphatic carboxylic acids is 1. The molecule has 1 aliphatic rings. The number of unbranched alkanes of at least 4 members (excludes halogenated alkanes) is 1. The van der Waals surface area contributed by atoms with Crippen molar-refractivity contribution in [3.05, 3.63) is 54.6 Å². The molecule has 2 aromatic carbocycles. The van der Waals surface area contributed by atoms with Gasteiger partial charge in [0.2, 0.25) is 5.83 Å². The minimum absolute atomic E-state index is 0.174. The molecule has 186 valence electrons. The van der Waals surface area contributed by atoms with Crippen molar-refractivity contribution in [3.63, 3.8) is 0 Å². The number of anilines is 2. The number of hydrogen-bond donors (Lipinski definition) is 3. The third kappa shape index (κ3) is 5.71. The number of nitrogens with zero attached hydrogens (tertiary/aromatic N) is 1. The Labute approximate surface area is 206 Å². The third-order valence-electron chi connectivity index (χ3n) is 6.26. The first kappa shape index (κ1) is 26.4. The number of carbonyl (C=O) groups is 1. The molecule has 1 atom stereocenters. The molecule has 0 bridgehead atoms. The Balaban J connectivity index is 2.21. The standard InChI is InChI=1S/C25H32FNO5S2/c1-4-6-12-25(5-2)16-27(18-10-8-7-9-11-18)20-13-22(33-3)21(32-15-19(26)24(28)29)14-23(20)34(30,31)17-25/h7-11,13-15,30-31H,4-6,12,16-17H2,1-3H3,(H,28,29)/b19-15-/t25-/m1/s1. The molecule has 0 fully saturated rings. The van der Waals surface area contributed by atoms with Gasteiger partial charge in [-0.3, -0.25) is 9.11 Å². The second kappa shape index (κ2) is 11.0. The SMILES string of the molecule is CCCC[C@]1(CC)CN(c2ccccc2)c2cc(SC)c(O/C=C(\F)C(=O)O)cc2S(O)(O)C1. The quantitative estimate of drug-likeness (QED) is 0.183. The summed E-state index contributed by atoms with van der Waals surface area (Å²) >= 11 is 1.35. The van der Waals surface area contributed by atoms with E-state index >= 15 is 0 Å². The minimum Gasteiger partial charge on any atom is -0.476 e. The molecule has 1 aliphatic heterocycles. The molecule has 2 aromatic rings. The number of carboxylic acid groups (broad SMARTS) is 1. The van der Waals surface area contributed by atoms with Crippen LogP contribution in [-0.2, 0) is 4.79 Å². The Hall–Kier alpha value is -2.20. The fourth-order valence-corrected chi connectivity index (χ4v) is 7.11. The van der Waals surface area contributed by atoms with Gasteiger partial charge in [0.05, 0.1) is 15.5 Å². The zero-order valence-corrected chi connectivity index (χ0v) is 21.3. The van der Waals surface area contributed by atoms with Crippen LogP contribution < -0.4 is 9.64 Å². The van der Waals surface area contributed by atoms with Gasteiger partial charge in [0, 0.05) is 29.5 Å².